The highest BCUT2D eigenvalue weighted by Gasteiger charge is 2.23. The smallest absolute Gasteiger partial charge is 0.324 e. The lowest BCUT2D eigenvalue weighted by molar-refractivity contribution is 0.174. The van der Waals surface area contributed by atoms with E-state index in [2.05, 4.69) is 51.8 Å². The van der Waals surface area contributed by atoms with E-state index >= 15 is 0 Å². The SMILES string of the molecule is COc1ccccc1NC(=O)Nc1ccnn1C1CCN(Cc2ccccc2C)CC1. The summed E-state index contributed by atoms with van der Waals surface area (Å²) in [5.74, 6) is 1.32. The Hall–Kier alpha value is -3.32. The topological polar surface area (TPSA) is 71.4 Å². The Morgan fingerprint density at radius 1 is 1.06 bits per heavy atom. The molecule has 1 aromatic heterocycles. The zero-order valence-electron chi connectivity index (χ0n) is 18.0. The summed E-state index contributed by atoms with van der Waals surface area (Å²) in [6, 6.07) is 17.7. The molecule has 2 amide bonds. The number of amides is 2. The molecule has 0 bridgehead atoms. The predicted molar refractivity (Wildman–Crippen MR) is 123 cm³/mol. The molecule has 1 saturated heterocycles. The molecule has 4 rings (SSSR count). The van der Waals surface area contributed by atoms with Crippen LogP contribution in [0.4, 0.5) is 16.3 Å². The number of ether oxygens (including phenoxy) is 1. The van der Waals surface area contributed by atoms with Crippen LogP contribution >= 0.6 is 0 Å². The second-order valence-corrected chi connectivity index (χ2v) is 7.87. The van der Waals surface area contributed by atoms with E-state index < -0.39 is 0 Å². The molecule has 2 N–H and O–H groups in total. The lowest BCUT2D eigenvalue weighted by atomic mass is 10.0. The second-order valence-electron chi connectivity index (χ2n) is 7.87. The summed E-state index contributed by atoms with van der Waals surface area (Å²) in [6.45, 7) is 5.15. The summed E-state index contributed by atoms with van der Waals surface area (Å²) >= 11 is 0. The average Bonchev–Trinajstić information content (AvgIpc) is 3.24. The van der Waals surface area contributed by atoms with Gasteiger partial charge in [0.2, 0.25) is 0 Å². The molecule has 2 aromatic carbocycles. The number of methoxy groups -OCH3 is 1. The molecular weight excluding hydrogens is 390 g/mol. The first-order valence-electron chi connectivity index (χ1n) is 10.7. The van der Waals surface area contributed by atoms with Crippen molar-refractivity contribution in [2.75, 3.05) is 30.8 Å². The van der Waals surface area contributed by atoms with Crippen molar-refractivity contribution >= 4 is 17.5 Å². The standard InChI is InChI=1S/C24H29N5O2/c1-18-7-3-4-8-19(18)17-28-15-12-20(13-16-28)29-23(11-14-25-29)27-24(30)26-21-9-5-6-10-22(21)31-2/h3-11,14,20H,12-13,15-17H2,1-2H3,(H2,26,27,30). The van der Waals surface area contributed by atoms with Gasteiger partial charge in [-0.2, -0.15) is 5.10 Å². The van der Waals surface area contributed by atoms with Gasteiger partial charge in [0.15, 0.2) is 0 Å². The van der Waals surface area contributed by atoms with E-state index in [0.717, 1.165) is 32.5 Å². The summed E-state index contributed by atoms with van der Waals surface area (Å²) in [5, 5.41) is 10.3. The molecule has 31 heavy (non-hydrogen) atoms. The van der Waals surface area contributed by atoms with Gasteiger partial charge in [-0.05, 0) is 43.0 Å². The molecule has 2 heterocycles. The third-order valence-corrected chi connectivity index (χ3v) is 5.83. The number of hydrogen-bond acceptors (Lipinski definition) is 4. The number of carbonyl (C=O) groups excluding carboxylic acids is 1. The average molecular weight is 420 g/mol. The molecule has 0 atom stereocenters. The Morgan fingerprint density at radius 2 is 1.81 bits per heavy atom. The van der Waals surface area contributed by atoms with Crippen molar-refractivity contribution in [1.29, 1.82) is 0 Å². The number of piperidine rings is 1. The van der Waals surface area contributed by atoms with Crippen molar-refractivity contribution in [3.63, 3.8) is 0 Å². The second kappa shape index (κ2) is 9.66. The molecular formula is C24H29N5O2. The van der Waals surface area contributed by atoms with Crippen LogP contribution in [0, 0.1) is 6.92 Å². The third kappa shape index (κ3) is 5.06. The summed E-state index contributed by atoms with van der Waals surface area (Å²) in [6.07, 6.45) is 3.73. The van der Waals surface area contributed by atoms with E-state index in [9.17, 15) is 4.79 Å². The van der Waals surface area contributed by atoms with Gasteiger partial charge < -0.3 is 10.1 Å². The van der Waals surface area contributed by atoms with Crippen LogP contribution in [0.3, 0.4) is 0 Å². The summed E-state index contributed by atoms with van der Waals surface area (Å²) in [7, 11) is 1.58. The van der Waals surface area contributed by atoms with Gasteiger partial charge in [0.25, 0.3) is 0 Å². The maximum atomic E-state index is 12.5. The number of likely N-dealkylation sites (tertiary alicyclic amines) is 1. The van der Waals surface area contributed by atoms with Crippen LogP contribution in [-0.2, 0) is 6.54 Å². The number of carbonyl (C=O) groups is 1. The minimum Gasteiger partial charge on any atom is -0.495 e. The number of nitrogens with zero attached hydrogens (tertiary/aromatic N) is 3. The van der Waals surface area contributed by atoms with Crippen molar-refractivity contribution in [2.24, 2.45) is 0 Å². The van der Waals surface area contributed by atoms with Gasteiger partial charge in [-0.1, -0.05) is 36.4 Å². The summed E-state index contributed by atoms with van der Waals surface area (Å²) in [4.78, 5) is 15.0. The van der Waals surface area contributed by atoms with Gasteiger partial charge in [-0.25, -0.2) is 9.48 Å². The minimum atomic E-state index is -0.316. The highest BCUT2D eigenvalue weighted by Crippen LogP contribution is 2.27. The van der Waals surface area contributed by atoms with Crippen LogP contribution < -0.4 is 15.4 Å². The molecule has 7 nitrogen and oxygen atoms in total. The molecule has 162 valence electrons. The number of rotatable bonds is 6. The van der Waals surface area contributed by atoms with E-state index in [-0.39, 0.29) is 12.1 Å². The first-order chi connectivity index (χ1) is 15.1. The van der Waals surface area contributed by atoms with Gasteiger partial charge in [0, 0.05) is 25.7 Å². The minimum absolute atomic E-state index is 0.268. The lowest BCUT2D eigenvalue weighted by Crippen LogP contribution is -2.35. The van der Waals surface area contributed by atoms with Crippen molar-refractivity contribution in [3.8, 4) is 5.75 Å². The predicted octanol–water partition coefficient (Wildman–Crippen LogP) is 4.68. The highest BCUT2D eigenvalue weighted by atomic mass is 16.5. The Balaban J connectivity index is 1.34. The Kier molecular flexibility index (Phi) is 6.52. The van der Waals surface area contributed by atoms with Gasteiger partial charge in [-0.3, -0.25) is 10.2 Å². The quantitative estimate of drug-likeness (QED) is 0.609. The number of aromatic nitrogens is 2. The van der Waals surface area contributed by atoms with Crippen LogP contribution in [0.15, 0.2) is 60.8 Å². The molecule has 0 unspecified atom stereocenters. The van der Waals surface area contributed by atoms with Gasteiger partial charge in [0.05, 0.1) is 25.0 Å². The molecule has 0 saturated carbocycles. The first kappa shape index (κ1) is 20.9. The van der Waals surface area contributed by atoms with Crippen molar-refractivity contribution < 1.29 is 9.53 Å². The molecule has 7 heteroatoms. The number of para-hydroxylation sites is 2. The van der Waals surface area contributed by atoms with E-state index in [4.69, 9.17) is 4.74 Å². The molecule has 0 spiro atoms. The number of nitrogens with one attached hydrogen (secondary N) is 2. The molecule has 1 fully saturated rings. The van der Waals surface area contributed by atoms with E-state index in [1.165, 1.54) is 11.1 Å². The van der Waals surface area contributed by atoms with Crippen LogP contribution in [0.25, 0.3) is 0 Å². The Morgan fingerprint density at radius 3 is 2.58 bits per heavy atom. The largest absolute Gasteiger partial charge is 0.495 e. The Bertz CT molecular complexity index is 1020. The van der Waals surface area contributed by atoms with Gasteiger partial charge >= 0.3 is 6.03 Å². The van der Waals surface area contributed by atoms with Crippen molar-refractivity contribution in [1.82, 2.24) is 14.7 Å². The van der Waals surface area contributed by atoms with Crippen LogP contribution in [0.1, 0.15) is 30.0 Å². The number of benzene rings is 2. The monoisotopic (exact) mass is 419 g/mol. The van der Waals surface area contributed by atoms with E-state index in [0.29, 0.717) is 17.3 Å². The molecule has 1 aliphatic rings. The van der Waals surface area contributed by atoms with Crippen molar-refractivity contribution in [2.45, 2.75) is 32.4 Å². The first-order valence-corrected chi connectivity index (χ1v) is 10.7. The number of anilines is 2. The summed E-state index contributed by atoms with van der Waals surface area (Å²) in [5.41, 5.74) is 3.35. The number of aryl methyl sites for hydroxylation is 1. The fraction of sp³-hybridized carbons (Fsp3) is 0.333. The molecule has 1 aliphatic heterocycles. The van der Waals surface area contributed by atoms with Gasteiger partial charge in [0.1, 0.15) is 11.6 Å². The van der Waals surface area contributed by atoms with Gasteiger partial charge in [-0.15, -0.1) is 0 Å². The zero-order valence-corrected chi connectivity index (χ0v) is 18.0. The zero-order chi connectivity index (χ0) is 21.6. The van der Waals surface area contributed by atoms with Crippen LogP contribution in [0.2, 0.25) is 0 Å². The van der Waals surface area contributed by atoms with Crippen LogP contribution in [0.5, 0.6) is 5.75 Å². The fourth-order valence-corrected chi connectivity index (χ4v) is 4.07. The van der Waals surface area contributed by atoms with Crippen LogP contribution in [-0.4, -0.2) is 40.9 Å². The molecule has 0 radical (unpaired) electrons. The highest BCUT2D eigenvalue weighted by molar-refractivity contribution is 6.00. The lowest BCUT2D eigenvalue weighted by Gasteiger charge is -2.33. The maximum Gasteiger partial charge on any atom is 0.324 e. The molecule has 0 aliphatic carbocycles. The maximum absolute atomic E-state index is 12.5. The van der Waals surface area contributed by atoms with E-state index in [1.807, 2.05) is 28.9 Å². The number of urea groups is 1. The number of hydrogen-bond donors (Lipinski definition) is 2. The normalized spacial score (nSPS) is 14.9. The Labute approximate surface area is 183 Å². The fourth-order valence-electron chi connectivity index (χ4n) is 4.07. The molecule has 3 aromatic rings. The third-order valence-electron chi connectivity index (χ3n) is 5.83. The van der Waals surface area contributed by atoms with Crippen molar-refractivity contribution in [3.05, 3.63) is 71.9 Å². The van der Waals surface area contributed by atoms with E-state index in [1.54, 1.807) is 19.4 Å². The summed E-state index contributed by atoms with van der Waals surface area (Å²) < 4.78 is 7.23.